The molecule has 4 nitrogen and oxygen atoms in total. The van der Waals surface area contributed by atoms with Crippen LogP contribution in [0.5, 0.6) is 5.75 Å². The van der Waals surface area contributed by atoms with Crippen molar-refractivity contribution in [3.8, 4) is 5.75 Å². The van der Waals surface area contributed by atoms with E-state index in [0.29, 0.717) is 18.6 Å². The molecule has 0 atom stereocenters. The first-order valence-corrected chi connectivity index (χ1v) is 8.94. The maximum Gasteiger partial charge on any atom is 0.255 e. The normalized spacial score (nSPS) is 12.5. The SMILES string of the molecule is O=C(Nc1ccccc1)c1cccc(COc2cccc3c2CCC3=O)c1. The van der Waals surface area contributed by atoms with Gasteiger partial charge in [0.2, 0.25) is 0 Å². The molecule has 1 aliphatic carbocycles. The number of para-hydroxylation sites is 1. The van der Waals surface area contributed by atoms with Crippen LogP contribution in [0.3, 0.4) is 0 Å². The molecule has 3 aromatic carbocycles. The number of benzene rings is 3. The molecule has 4 heteroatoms. The van der Waals surface area contributed by atoms with E-state index in [9.17, 15) is 9.59 Å². The van der Waals surface area contributed by atoms with Gasteiger partial charge in [0.15, 0.2) is 5.78 Å². The van der Waals surface area contributed by atoms with Crippen LogP contribution in [-0.4, -0.2) is 11.7 Å². The van der Waals surface area contributed by atoms with Crippen molar-refractivity contribution in [3.05, 3.63) is 95.1 Å². The Kier molecular flexibility index (Phi) is 4.71. The number of anilines is 1. The molecule has 3 aromatic rings. The molecular weight excluding hydrogens is 338 g/mol. The second kappa shape index (κ2) is 7.46. The lowest BCUT2D eigenvalue weighted by atomic mass is 10.1. The lowest BCUT2D eigenvalue weighted by Gasteiger charge is -2.11. The van der Waals surface area contributed by atoms with E-state index in [0.717, 1.165) is 34.5 Å². The first kappa shape index (κ1) is 17.0. The third-order valence-electron chi connectivity index (χ3n) is 4.65. The molecule has 0 aromatic heterocycles. The monoisotopic (exact) mass is 357 g/mol. The molecule has 0 heterocycles. The standard InChI is InChI=1S/C23H19NO3/c25-21-13-12-20-19(21)10-5-11-22(20)27-15-16-6-4-7-17(14-16)23(26)24-18-8-2-1-3-9-18/h1-11,14H,12-13,15H2,(H,24,26). The van der Waals surface area contributed by atoms with Crippen molar-refractivity contribution in [3.63, 3.8) is 0 Å². The minimum atomic E-state index is -0.158. The second-order valence-electron chi connectivity index (χ2n) is 6.51. The molecule has 0 fully saturated rings. The van der Waals surface area contributed by atoms with Gasteiger partial charge in [-0.3, -0.25) is 9.59 Å². The van der Waals surface area contributed by atoms with E-state index in [4.69, 9.17) is 4.74 Å². The van der Waals surface area contributed by atoms with Gasteiger partial charge < -0.3 is 10.1 Å². The largest absolute Gasteiger partial charge is 0.489 e. The molecule has 0 unspecified atom stereocenters. The van der Waals surface area contributed by atoms with Crippen LogP contribution in [0.25, 0.3) is 0 Å². The van der Waals surface area contributed by atoms with E-state index >= 15 is 0 Å². The number of Topliss-reactive ketones (excluding diaryl/α,β-unsaturated/α-hetero) is 1. The first-order chi connectivity index (χ1) is 13.2. The van der Waals surface area contributed by atoms with E-state index in [2.05, 4.69) is 5.32 Å². The fourth-order valence-electron chi connectivity index (χ4n) is 3.28. The predicted molar refractivity (Wildman–Crippen MR) is 104 cm³/mol. The molecule has 1 N–H and O–H groups in total. The Hall–Kier alpha value is -3.40. The maximum atomic E-state index is 12.4. The number of fused-ring (bicyclic) bond motifs is 1. The molecule has 0 aliphatic heterocycles. The van der Waals surface area contributed by atoms with Crippen LogP contribution in [0.1, 0.15) is 38.3 Å². The van der Waals surface area contributed by atoms with Gasteiger partial charge in [-0.15, -0.1) is 0 Å². The zero-order valence-electron chi connectivity index (χ0n) is 14.8. The predicted octanol–water partition coefficient (Wildman–Crippen LogP) is 4.65. The fourth-order valence-corrected chi connectivity index (χ4v) is 3.28. The lowest BCUT2D eigenvalue weighted by Crippen LogP contribution is -2.12. The van der Waals surface area contributed by atoms with Gasteiger partial charge in [-0.05, 0) is 42.3 Å². The average molecular weight is 357 g/mol. The molecule has 27 heavy (non-hydrogen) atoms. The number of carbonyl (C=O) groups is 2. The minimum absolute atomic E-state index is 0.158. The zero-order valence-corrected chi connectivity index (χ0v) is 14.8. The van der Waals surface area contributed by atoms with Crippen LogP contribution >= 0.6 is 0 Å². The highest BCUT2D eigenvalue weighted by molar-refractivity contribution is 6.04. The van der Waals surface area contributed by atoms with Gasteiger partial charge >= 0.3 is 0 Å². The first-order valence-electron chi connectivity index (χ1n) is 8.94. The second-order valence-corrected chi connectivity index (χ2v) is 6.51. The number of nitrogens with one attached hydrogen (secondary N) is 1. The Morgan fingerprint density at radius 1 is 0.926 bits per heavy atom. The van der Waals surface area contributed by atoms with Crippen LogP contribution in [-0.2, 0) is 13.0 Å². The quantitative estimate of drug-likeness (QED) is 0.723. The third kappa shape index (κ3) is 3.75. The fraction of sp³-hybridized carbons (Fsp3) is 0.130. The number of ether oxygens (including phenoxy) is 1. The Labute approximate surface area is 157 Å². The van der Waals surface area contributed by atoms with Gasteiger partial charge in [-0.2, -0.15) is 0 Å². The van der Waals surface area contributed by atoms with Gasteiger partial charge in [0.25, 0.3) is 5.91 Å². The molecule has 134 valence electrons. The lowest BCUT2D eigenvalue weighted by molar-refractivity contribution is 0.0992. The number of hydrogen-bond donors (Lipinski definition) is 1. The number of hydrogen-bond acceptors (Lipinski definition) is 3. The molecule has 0 spiro atoms. The summed E-state index contributed by atoms with van der Waals surface area (Å²) in [6.45, 7) is 0.344. The van der Waals surface area contributed by atoms with Crippen molar-refractivity contribution in [2.24, 2.45) is 0 Å². The van der Waals surface area contributed by atoms with Gasteiger partial charge in [0.1, 0.15) is 12.4 Å². The van der Waals surface area contributed by atoms with E-state index in [1.165, 1.54) is 0 Å². The van der Waals surface area contributed by atoms with Gasteiger partial charge in [0, 0.05) is 28.8 Å². The van der Waals surface area contributed by atoms with Crippen molar-refractivity contribution in [2.45, 2.75) is 19.4 Å². The topological polar surface area (TPSA) is 55.4 Å². The summed E-state index contributed by atoms with van der Waals surface area (Å²) in [5.41, 5.74) is 3.99. The molecule has 0 saturated heterocycles. The summed E-state index contributed by atoms with van der Waals surface area (Å²) in [7, 11) is 0. The van der Waals surface area contributed by atoms with E-state index in [1.54, 1.807) is 6.07 Å². The minimum Gasteiger partial charge on any atom is -0.489 e. The summed E-state index contributed by atoms with van der Waals surface area (Å²) in [6.07, 6.45) is 1.27. The van der Waals surface area contributed by atoms with Crippen molar-refractivity contribution in [2.75, 3.05) is 5.32 Å². The molecule has 0 bridgehead atoms. The summed E-state index contributed by atoms with van der Waals surface area (Å²) in [5, 5.41) is 2.88. The summed E-state index contributed by atoms with van der Waals surface area (Å²) in [4.78, 5) is 24.3. The van der Waals surface area contributed by atoms with Crippen molar-refractivity contribution in [1.82, 2.24) is 0 Å². The average Bonchev–Trinajstić information content (AvgIpc) is 3.09. The highest BCUT2D eigenvalue weighted by atomic mass is 16.5. The third-order valence-corrected chi connectivity index (χ3v) is 4.65. The van der Waals surface area contributed by atoms with Crippen molar-refractivity contribution in [1.29, 1.82) is 0 Å². The Morgan fingerprint density at radius 3 is 2.59 bits per heavy atom. The number of rotatable bonds is 5. The van der Waals surface area contributed by atoms with Crippen LogP contribution < -0.4 is 10.1 Å². The molecular formula is C23H19NO3. The molecule has 0 radical (unpaired) electrons. The maximum absolute atomic E-state index is 12.4. The Balaban J connectivity index is 1.46. The molecule has 0 saturated carbocycles. The van der Waals surface area contributed by atoms with Gasteiger partial charge in [-0.1, -0.05) is 42.5 Å². The van der Waals surface area contributed by atoms with E-state index in [-0.39, 0.29) is 11.7 Å². The van der Waals surface area contributed by atoms with Crippen LogP contribution in [0.2, 0.25) is 0 Å². The Morgan fingerprint density at radius 2 is 1.74 bits per heavy atom. The van der Waals surface area contributed by atoms with Crippen molar-refractivity contribution < 1.29 is 14.3 Å². The van der Waals surface area contributed by atoms with E-state index < -0.39 is 0 Å². The van der Waals surface area contributed by atoms with Crippen LogP contribution in [0, 0.1) is 0 Å². The van der Waals surface area contributed by atoms with Crippen LogP contribution in [0.15, 0.2) is 72.8 Å². The number of amides is 1. The molecule has 4 rings (SSSR count). The summed E-state index contributed by atoms with van der Waals surface area (Å²) in [6, 6.07) is 22.3. The molecule has 1 aliphatic rings. The van der Waals surface area contributed by atoms with Gasteiger partial charge in [0.05, 0.1) is 0 Å². The summed E-state index contributed by atoms with van der Waals surface area (Å²) < 4.78 is 5.95. The highest BCUT2D eigenvalue weighted by Crippen LogP contribution is 2.31. The van der Waals surface area contributed by atoms with Crippen LogP contribution in [0.4, 0.5) is 5.69 Å². The molecule has 1 amide bonds. The Bertz CT molecular complexity index is 996. The van der Waals surface area contributed by atoms with E-state index in [1.807, 2.05) is 66.7 Å². The summed E-state index contributed by atoms with van der Waals surface area (Å²) >= 11 is 0. The number of carbonyl (C=O) groups excluding carboxylic acids is 2. The van der Waals surface area contributed by atoms with Crippen molar-refractivity contribution >= 4 is 17.4 Å². The summed E-state index contributed by atoms with van der Waals surface area (Å²) in [5.74, 6) is 0.766. The number of ketones is 1. The smallest absolute Gasteiger partial charge is 0.255 e. The van der Waals surface area contributed by atoms with Gasteiger partial charge in [-0.25, -0.2) is 0 Å². The zero-order chi connectivity index (χ0) is 18.6. The highest BCUT2D eigenvalue weighted by Gasteiger charge is 2.22.